The van der Waals surface area contributed by atoms with E-state index in [-0.39, 0.29) is 29.9 Å². The molecule has 3 amide bonds. The normalized spacial score (nSPS) is 20.1. The van der Waals surface area contributed by atoms with Crippen molar-refractivity contribution in [2.24, 2.45) is 5.92 Å². The quantitative estimate of drug-likeness (QED) is 0.765. The molecule has 2 rings (SSSR count). The number of hydrogen-bond acceptors (Lipinski definition) is 3. The van der Waals surface area contributed by atoms with Crippen molar-refractivity contribution in [1.29, 1.82) is 0 Å². The third-order valence-corrected chi connectivity index (χ3v) is 4.66. The van der Waals surface area contributed by atoms with Crippen LogP contribution in [0.4, 0.5) is 4.79 Å². The summed E-state index contributed by atoms with van der Waals surface area (Å²) in [5.41, 5.74) is 2.30. The molecule has 6 nitrogen and oxygen atoms in total. The van der Waals surface area contributed by atoms with E-state index in [0.717, 1.165) is 18.4 Å². The smallest absolute Gasteiger partial charge is 0.318 e. The van der Waals surface area contributed by atoms with Gasteiger partial charge in [-0.3, -0.25) is 4.79 Å². The van der Waals surface area contributed by atoms with E-state index >= 15 is 0 Å². The Morgan fingerprint density at radius 1 is 1.31 bits per heavy atom. The maximum atomic E-state index is 12.8. The molecule has 0 radical (unpaired) electrons. The van der Waals surface area contributed by atoms with Crippen LogP contribution in [0.3, 0.4) is 0 Å². The highest BCUT2D eigenvalue weighted by atomic mass is 16.5. The second kappa shape index (κ2) is 9.57. The number of urea groups is 1. The predicted molar refractivity (Wildman–Crippen MR) is 102 cm³/mol. The highest BCUT2D eigenvalue weighted by Gasteiger charge is 2.35. The van der Waals surface area contributed by atoms with Crippen LogP contribution in [-0.4, -0.2) is 49.7 Å². The lowest BCUT2D eigenvalue weighted by Crippen LogP contribution is -2.51. The number of carbonyl (C=O) groups excluding carboxylic acids is 2. The number of carbonyl (C=O) groups is 2. The molecule has 144 valence electrons. The van der Waals surface area contributed by atoms with Gasteiger partial charge in [0.1, 0.15) is 0 Å². The SMILES string of the molecule is COCCNC(=O)C1CCC(c2cccc(C)c2)N(C(=O)NC(C)C)C1. The third kappa shape index (κ3) is 5.46. The molecule has 0 saturated carbocycles. The predicted octanol–water partition coefficient (Wildman–Crippen LogP) is 2.63. The molecule has 2 atom stereocenters. The molecular formula is C20H31N3O3. The molecule has 0 aliphatic carbocycles. The van der Waals surface area contributed by atoms with Crippen molar-refractivity contribution in [1.82, 2.24) is 15.5 Å². The average molecular weight is 361 g/mol. The summed E-state index contributed by atoms with van der Waals surface area (Å²) >= 11 is 0. The molecule has 0 bridgehead atoms. The van der Waals surface area contributed by atoms with Gasteiger partial charge >= 0.3 is 6.03 Å². The zero-order valence-electron chi connectivity index (χ0n) is 16.2. The summed E-state index contributed by atoms with van der Waals surface area (Å²) in [4.78, 5) is 27.0. The second-order valence-corrected chi connectivity index (χ2v) is 7.24. The minimum atomic E-state index is -0.189. The van der Waals surface area contributed by atoms with Crippen molar-refractivity contribution >= 4 is 11.9 Å². The first-order chi connectivity index (χ1) is 12.4. The van der Waals surface area contributed by atoms with Crippen molar-refractivity contribution in [3.63, 3.8) is 0 Å². The Labute approximate surface area is 156 Å². The molecule has 1 fully saturated rings. The fourth-order valence-corrected chi connectivity index (χ4v) is 3.38. The van der Waals surface area contributed by atoms with Crippen LogP contribution in [-0.2, 0) is 9.53 Å². The van der Waals surface area contributed by atoms with Crippen LogP contribution in [0.25, 0.3) is 0 Å². The van der Waals surface area contributed by atoms with Gasteiger partial charge in [-0.1, -0.05) is 29.8 Å². The molecule has 1 saturated heterocycles. The van der Waals surface area contributed by atoms with Crippen LogP contribution < -0.4 is 10.6 Å². The van der Waals surface area contributed by atoms with Crippen LogP contribution >= 0.6 is 0 Å². The minimum Gasteiger partial charge on any atom is -0.383 e. The molecule has 1 aromatic rings. The number of rotatable bonds is 6. The van der Waals surface area contributed by atoms with E-state index < -0.39 is 0 Å². The topological polar surface area (TPSA) is 70.7 Å². The van der Waals surface area contributed by atoms with Crippen LogP contribution in [0, 0.1) is 12.8 Å². The summed E-state index contributed by atoms with van der Waals surface area (Å²) in [6, 6.07) is 8.20. The van der Waals surface area contributed by atoms with Gasteiger partial charge in [-0.15, -0.1) is 0 Å². The molecule has 1 aliphatic heterocycles. The molecule has 0 spiro atoms. The fourth-order valence-electron chi connectivity index (χ4n) is 3.38. The van der Waals surface area contributed by atoms with Gasteiger partial charge in [-0.05, 0) is 39.2 Å². The monoisotopic (exact) mass is 361 g/mol. The maximum absolute atomic E-state index is 12.8. The van der Waals surface area contributed by atoms with Crippen LogP contribution in [0.2, 0.25) is 0 Å². The lowest BCUT2D eigenvalue weighted by molar-refractivity contribution is -0.127. The van der Waals surface area contributed by atoms with Gasteiger partial charge in [-0.2, -0.15) is 0 Å². The molecule has 0 aromatic heterocycles. The van der Waals surface area contributed by atoms with E-state index in [9.17, 15) is 9.59 Å². The second-order valence-electron chi connectivity index (χ2n) is 7.24. The van der Waals surface area contributed by atoms with Gasteiger partial charge in [0.15, 0.2) is 0 Å². The summed E-state index contributed by atoms with van der Waals surface area (Å²) in [5.74, 6) is -0.196. The number of aryl methyl sites for hydroxylation is 1. The van der Waals surface area contributed by atoms with E-state index in [0.29, 0.717) is 19.7 Å². The average Bonchev–Trinajstić information content (AvgIpc) is 2.60. The summed E-state index contributed by atoms with van der Waals surface area (Å²) in [6.07, 6.45) is 1.54. The van der Waals surface area contributed by atoms with Crippen molar-refractivity contribution in [3.05, 3.63) is 35.4 Å². The van der Waals surface area contributed by atoms with Crippen LogP contribution in [0.5, 0.6) is 0 Å². The van der Waals surface area contributed by atoms with E-state index in [4.69, 9.17) is 4.74 Å². The summed E-state index contributed by atoms with van der Waals surface area (Å²) in [7, 11) is 1.61. The lowest BCUT2D eigenvalue weighted by Gasteiger charge is -2.40. The van der Waals surface area contributed by atoms with Gasteiger partial charge in [0.25, 0.3) is 0 Å². The Hall–Kier alpha value is -2.08. The number of likely N-dealkylation sites (tertiary alicyclic amines) is 1. The zero-order chi connectivity index (χ0) is 19.1. The van der Waals surface area contributed by atoms with E-state index in [1.165, 1.54) is 5.56 Å². The molecule has 1 heterocycles. The van der Waals surface area contributed by atoms with E-state index in [1.54, 1.807) is 7.11 Å². The Morgan fingerprint density at radius 3 is 2.73 bits per heavy atom. The van der Waals surface area contributed by atoms with E-state index in [2.05, 4.69) is 35.8 Å². The van der Waals surface area contributed by atoms with Crippen LogP contribution in [0.1, 0.15) is 43.9 Å². The molecule has 1 aliphatic rings. The summed E-state index contributed by atoms with van der Waals surface area (Å²) in [6.45, 7) is 7.34. The maximum Gasteiger partial charge on any atom is 0.318 e. The first-order valence-electron chi connectivity index (χ1n) is 9.32. The number of nitrogens with one attached hydrogen (secondary N) is 2. The largest absolute Gasteiger partial charge is 0.383 e. The fraction of sp³-hybridized carbons (Fsp3) is 0.600. The number of benzene rings is 1. The highest BCUT2D eigenvalue weighted by molar-refractivity contribution is 5.81. The molecule has 2 unspecified atom stereocenters. The Balaban J connectivity index is 2.14. The number of amides is 3. The molecular weight excluding hydrogens is 330 g/mol. The highest BCUT2D eigenvalue weighted by Crippen LogP contribution is 2.34. The van der Waals surface area contributed by atoms with Gasteiger partial charge < -0.3 is 20.3 Å². The molecule has 1 aromatic carbocycles. The summed E-state index contributed by atoms with van der Waals surface area (Å²) in [5, 5.41) is 5.87. The molecule has 6 heteroatoms. The molecule has 26 heavy (non-hydrogen) atoms. The van der Waals surface area contributed by atoms with Gasteiger partial charge in [0, 0.05) is 26.2 Å². The lowest BCUT2D eigenvalue weighted by atomic mass is 9.88. The first-order valence-corrected chi connectivity index (χ1v) is 9.32. The number of methoxy groups -OCH3 is 1. The van der Waals surface area contributed by atoms with Crippen molar-refractivity contribution in [2.45, 2.75) is 45.7 Å². The van der Waals surface area contributed by atoms with Crippen LogP contribution in [0.15, 0.2) is 24.3 Å². The van der Waals surface area contributed by atoms with Gasteiger partial charge in [-0.25, -0.2) is 4.79 Å². The third-order valence-electron chi connectivity index (χ3n) is 4.66. The minimum absolute atomic E-state index is 0.00308. The van der Waals surface area contributed by atoms with Gasteiger partial charge in [0.2, 0.25) is 5.91 Å². The van der Waals surface area contributed by atoms with E-state index in [1.807, 2.05) is 24.8 Å². The zero-order valence-corrected chi connectivity index (χ0v) is 16.2. The Kier molecular flexibility index (Phi) is 7.45. The standard InChI is InChI=1S/C20H31N3O3/c1-14(2)22-20(25)23-13-17(19(24)21-10-11-26-4)8-9-18(23)16-7-5-6-15(3)12-16/h5-7,12,14,17-18H,8-11,13H2,1-4H3,(H,21,24)(H,22,25). The van der Waals surface area contributed by atoms with Crippen molar-refractivity contribution in [3.8, 4) is 0 Å². The van der Waals surface area contributed by atoms with Crippen molar-refractivity contribution < 1.29 is 14.3 Å². The number of nitrogens with zero attached hydrogens (tertiary/aromatic N) is 1. The summed E-state index contributed by atoms with van der Waals surface area (Å²) < 4.78 is 4.98. The van der Waals surface area contributed by atoms with Gasteiger partial charge in [0.05, 0.1) is 18.6 Å². The first kappa shape index (κ1) is 20.2. The number of hydrogen-bond donors (Lipinski definition) is 2. The Bertz CT molecular complexity index is 618. The Morgan fingerprint density at radius 2 is 2.08 bits per heavy atom. The number of ether oxygens (including phenoxy) is 1. The number of piperidine rings is 1. The molecule has 2 N–H and O–H groups in total. The van der Waals surface area contributed by atoms with Crippen molar-refractivity contribution in [2.75, 3.05) is 26.8 Å².